The molecule has 1 fully saturated rings. The minimum atomic E-state index is -0.136. The van der Waals surface area contributed by atoms with E-state index in [0.717, 1.165) is 44.2 Å². The molecule has 2 heterocycles. The number of esters is 1. The highest BCUT2D eigenvalue weighted by molar-refractivity contribution is 5.71. The van der Waals surface area contributed by atoms with E-state index < -0.39 is 0 Å². The molecule has 1 aliphatic heterocycles. The number of hydrogen-bond acceptors (Lipinski definition) is 6. The van der Waals surface area contributed by atoms with Gasteiger partial charge in [-0.05, 0) is 13.8 Å². The van der Waals surface area contributed by atoms with Crippen molar-refractivity contribution in [3.8, 4) is 0 Å². The van der Waals surface area contributed by atoms with Crippen LogP contribution >= 0.6 is 0 Å². The standard InChI is InChI=1S/C13H21N3O3/c1-3-18-13(17)10-16-6-4-15(5-7-16)9-12-8-11(2)19-14-12/h8H,3-7,9-10H2,1-2H3. The van der Waals surface area contributed by atoms with Crippen molar-refractivity contribution in [1.82, 2.24) is 15.0 Å². The maximum absolute atomic E-state index is 11.4. The fraction of sp³-hybridized carbons (Fsp3) is 0.692. The smallest absolute Gasteiger partial charge is 0.320 e. The molecular weight excluding hydrogens is 246 g/mol. The van der Waals surface area contributed by atoms with Crippen molar-refractivity contribution in [2.75, 3.05) is 39.3 Å². The van der Waals surface area contributed by atoms with Crippen molar-refractivity contribution in [1.29, 1.82) is 0 Å². The van der Waals surface area contributed by atoms with Gasteiger partial charge in [0.15, 0.2) is 0 Å². The predicted molar refractivity (Wildman–Crippen MR) is 69.6 cm³/mol. The molecule has 0 unspecified atom stereocenters. The molecule has 0 amide bonds. The molecule has 0 N–H and O–H groups in total. The Morgan fingerprint density at radius 2 is 2.05 bits per heavy atom. The zero-order valence-corrected chi connectivity index (χ0v) is 11.6. The van der Waals surface area contributed by atoms with Crippen LogP contribution in [0.3, 0.4) is 0 Å². The molecule has 0 spiro atoms. The van der Waals surface area contributed by atoms with Crippen molar-refractivity contribution < 1.29 is 14.1 Å². The first-order valence-corrected chi connectivity index (χ1v) is 6.70. The van der Waals surface area contributed by atoms with E-state index in [-0.39, 0.29) is 5.97 Å². The third-order valence-electron chi connectivity index (χ3n) is 3.19. The van der Waals surface area contributed by atoms with Crippen LogP contribution in [0.4, 0.5) is 0 Å². The molecule has 19 heavy (non-hydrogen) atoms. The van der Waals surface area contributed by atoms with E-state index in [1.165, 1.54) is 0 Å². The molecule has 0 radical (unpaired) electrons. The van der Waals surface area contributed by atoms with Crippen LogP contribution in [0.2, 0.25) is 0 Å². The summed E-state index contributed by atoms with van der Waals surface area (Å²) in [6.45, 7) is 9.02. The average molecular weight is 267 g/mol. The first-order chi connectivity index (χ1) is 9.17. The Bertz CT molecular complexity index is 411. The third-order valence-corrected chi connectivity index (χ3v) is 3.19. The number of carbonyl (C=O) groups excluding carboxylic acids is 1. The molecule has 0 saturated carbocycles. The van der Waals surface area contributed by atoms with E-state index in [2.05, 4.69) is 15.0 Å². The minimum absolute atomic E-state index is 0.136. The zero-order valence-electron chi connectivity index (χ0n) is 11.6. The van der Waals surface area contributed by atoms with Gasteiger partial charge in [0.1, 0.15) is 5.76 Å². The summed E-state index contributed by atoms with van der Waals surface area (Å²) in [6.07, 6.45) is 0. The van der Waals surface area contributed by atoms with Gasteiger partial charge in [0.25, 0.3) is 0 Å². The Morgan fingerprint density at radius 3 is 2.63 bits per heavy atom. The number of nitrogens with zero attached hydrogens (tertiary/aromatic N) is 3. The highest BCUT2D eigenvalue weighted by Crippen LogP contribution is 2.08. The van der Waals surface area contributed by atoms with E-state index in [9.17, 15) is 4.79 Å². The van der Waals surface area contributed by atoms with Gasteiger partial charge in [0.05, 0.1) is 18.8 Å². The Kier molecular flexibility index (Phi) is 4.93. The number of aromatic nitrogens is 1. The molecule has 6 nitrogen and oxygen atoms in total. The van der Waals surface area contributed by atoms with E-state index >= 15 is 0 Å². The van der Waals surface area contributed by atoms with Gasteiger partial charge in [-0.15, -0.1) is 0 Å². The number of carbonyl (C=O) groups is 1. The van der Waals surface area contributed by atoms with Gasteiger partial charge >= 0.3 is 5.97 Å². The van der Waals surface area contributed by atoms with Crippen molar-refractivity contribution in [2.24, 2.45) is 0 Å². The summed E-state index contributed by atoms with van der Waals surface area (Å²) in [5.41, 5.74) is 0.969. The van der Waals surface area contributed by atoms with Crippen LogP contribution in [0.5, 0.6) is 0 Å². The average Bonchev–Trinajstić information content (AvgIpc) is 2.78. The highest BCUT2D eigenvalue weighted by Gasteiger charge is 2.20. The monoisotopic (exact) mass is 267 g/mol. The van der Waals surface area contributed by atoms with Crippen LogP contribution in [-0.4, -0.2) is 60.3 Å². The van der Waals surface area contributed by atoms with Gasteiger partial charge in [-0.25, -0.2) is 0 Å². The van der Waals surface area contributed by atoms with Crippen molar-refractivity contribution in [3.05, 3.63) is 17.5 Å². The van der Waals surface area contributed by atoms with Gasteiger partial charge in [-0.2, -0.15) is 0 Å². The first-order valence-electron chi connectivity index (χ1n) is 6.70. The van der Waals surface area contributed by atoms with Gasteiger partial charge < -0.3 is 9.26 Å². The van der Waals surface area contributed by atoms with Crippen molar-refractivity contribution in [3.63, 3.8) is 0 Å². The fourth-order valence-corrected chi connectivity index (χ4v) is 2.22. The summed E-state index contributed by atoms with van der Waals surface area (Å²) in [4.78, 5) is 15.8. The summed E-state index contributed by atoms with van der Waals surface area (Å²) in [6, 6.07) is 1.96. The summed E-state index contributed by atoms with van der Waals surface area (Å²) in [5.74, 6) is 0.707. The molecule has 1 aliphatic rings. The van der Waals surface area contributed by atoms with Gasteiger partial charge in [0.2, 0.25) is 0 Å². The number of hydrogen-bond donors (Lipinski definition) is 0. The summed E-state index contributed by atoms with van der Waals surface area (Å²) in [5, 5.41) is 4.00. The Balaban J connectivity index is 1.71. The SMILES string of the molecule is CCOC(=O)CN1CCN(Cc2cc(C)on2)CC1. The molecule has 0 bridgehead atoms. The molecule has 0 atom stereocenters. The molecule has 0 aromatic carbocycles. The lowest BCUT2D eigenvalue weighted by Gasteiger charge is -2.33. The Morgan fingerprint density at radius 1 is 1.37 bits per heavy atom. The quantitative estimate of drug-likeness (QED) is 0.731. The summed E-state index contributed by atoms with van der Waals surface area (Å²) in [7, 11) is 0. The van der Waals surface area contributed by atoms with Crippen molar-refractivity contribution >= 4 is 5.97 Å². The van der Waals surface area contributed by atoms with Crippen LogP contribution in [-0.2, 0) is 16.1 Å². The lowest BCUT2D eigenvalue weighted by Crippen LogP contribution is -2.47. The first kappa shape index (κ1) is 14.0. The van der Waals surface area contributed by atoms with E-state index in [1.807, 2.05) is 19.9 Å². The molecular formula is C13H21N3O3. The summed E-state index contributed by atoms with van der Waals surface area (Å²) >= 11 is 0. The zero-order chi connectivity index (χ0) is 13.7. The number of rotatable bonds is 5. The van der Waals surface area contributed by atoms with Crippen molar-refractivity contribution in [2.45, 2.75) is 20.4 Å². The normalized spacial score (nSPS) is 17.6. The number of piperazine rings is 1. The second-order valence-electron chi connectivity index (χ2n) is 4.79. The van der Waals surface area contributed by atoms with Crippen LogP contribution < -0.4 is 0 Å². The van der Waals surface area contributed by atoms with Crippen LogP contribution in [0.1, 0.15) is 18.4 Å². The molecule has 2 rings (SSSR count). The van der Waals surface area contributed by atoms with Crippen LogP contribution in [0.25, 0.3) is 0 Å². The maximum Gasteiger partial charge on any atom is 0.320 e. The van der Waals surface area contributed by atoms with Crippen LogP contribution in [0, 0.1) is 6.92 Å². The third kappa shape index (κ3) is 4.33. The second kappa shape index (κ2) is 6.68. The van der Waals surface area contributed by atoms with E-state index in [0.29, 0.717) is 13.2 Å². The van der Waals surface area contributed by atoms with Crippen LogP contribution in [0.15, 0.2) is 10.6 Å². The summed E-state index contributed by atoms with van der Waals surface area (Å²) < 4.78 is 10.0. The van der Waals surface area contributed by atoms with E-state index in [1.54, 1.807) is 0 Å². The topological polar surface area (TPSA) is 58.8 Å². The number of aryl methyl sites for hydroxylation is 1. The lowest BCUT2D eigenvalue weighted by atomic mass is 10.3. The number of ether oxygens (including phenoxy) is 1. The predicted octanol–water partition coefficient (Wildman–Crippen LogP) is 0.664. The molecule has 0 aliphatic carbocycles. The maximum atomic E-state index is 11.4. The fourth-order valence-electron chi connectivity index (χ4n) is 2.22. The highest BCUT2D eigenvalue weighted by atomic mass is 16.5. The molecule has 1 saturated heterocycles. The molecule has 1 aromatic heterocycles. The Labute approximate surface area is 113 Å². The van der Waals surface area contributed by atoms with Gasteiger partial charge in [-0.3, -0.25) is 14.6 Å². The van der Waals surface area contributed by atoms with Gasteiger partial charge in [0, 0.05) is 38.8 Å². The second-order valence-corrected chi connectivity index (χ2v) is 4.79. The Hall–Kier alpha value is -1.40. The molecule has 106 valence electrons. The van der Waals surface area contributed by atoms with E-state index in [4.69, 9.17) is 9.26 Å². The minimum Gasteiger partial charge on any atom is -0.465 e. The lowest BCUT2D eigenvalue weighted by molar-refractivity contribution is -0.144. The molecule has 6 heteroatoms. The van der Waals surface area contributed by atoms with Gasteiger partial charge in [-0.1, -0.05) is 5.16 Å². The molecule has 1 aromatic rings. The largest absolute Gasteiger partial charge is 0.465 e.